The molecule has 0 saturated carbocycles. The van der Waals surface area contributed by atoms with E-state index >= 15 is 0 Å². The van der Waals surface area contributed by atoms with Crippen molar-refractivity contribution in [3.05, 3.63) is 0 Å². The molecule has 0 aromatic carbocycles. The summed E-state index contributed by atoms with van der Waals surface area (Å²) in [4.78, 5) is 15.2. The van der Waals surface area contributed by atoms with E-state index in [1.54, 1.807) is 0 Å². The molecule has 0 N–H and O–H groups in total. The Labute approximate surface area is 112 Å². The second kappa shape index (κ2) is 4.54. The van der Waals surface area contributed by atoms with Gasteiger partial charge in [-0.1, -0.05) is 32.1 Å². The molecular weight excluding hydrogens is 280 g/mol. The van der Waals surface area contributed by atoms with Gasteiger partial charge >= 0.3 is 0 Å². The quantitative estimate of drug-likeness (QED) is 0.642. The van der Waals surface area contributed by atoms with Crippen molar-refractivity contribution in [1.29, 1.82) is 0 Å². The van der Waals surface area contributed by atoms with Crippen LogP contribution < -0.4 is 0 Å². The predicted octanol–water partition coefficient (Wildman–Crippen LogP) is 3.04. The van der Waals surface area contributed by atoms with E-state index in [1.165, 1.54) is 38.5 Å². The van der Waals surface area contributed by atoms with Crippen molar-refractivity contribution in [1.82, 2.24) is 8.83 Å². The van der Waals surface area contributed by atoms with Crippen LogP contribution in [0.25, 0.3) is 0 Å². The first-order chi connectivity index (χ1) is 8.26. The lowest BCUT2D eigenvalue weighted by Crippen LogP contribution is -2.50. The van der Waals surface area contributed by atoms with Gasteiger partial charge in [-0.2, -0.15) is 0 Å². The maximum Gasteiger partial charge on any atom is 0.254 e. The van der Waals surface area contributed by atoms with Crippen molar-refractivity contribution < 1.29 is 4.79 Å². The first kappa shape index (κ1) is 12.0. The third-order valence-electron chi connectivity index (χ3n) is 4.81. The van der Waals surface area contributed by atoms with Gasteiger partial charge in [-0.05, 0) is 25.7 Å². The third-order valence-corrected chi connectivity index (χ3v) is 5.60. The molecule has 2 atom stereocenters. The molecule has 3 aliphatic heterocycles. The summed E-state index contributed by atoms with van der Waals surface area (Å²) in [5.41, 5.74) is -0.148. The van der Waals surface area contributed by atoms with Crippen LogP contribution in [0.15, 0.2) is 0 Å². The topological polar surface area (TPSA) is 23.6 Å². The average Bonchev–Trinajstić information content (AvgIpc) is 2.46. The second-order valence-corrected chi connectivity index (χ2v) is 6.50. The summed E-state index contributed by atoms with van der Waals surface area (Å²) in [6, 6.07) is 0. The van der Waals surface area contributed by atoms with Gasteiger partial charge in [0, 0.05) is 6.54 Å². The summed E-state index contributed by atoms with van der Waals surface area (Å²) in [5.74, 6) is 0.339. The number of carbonyl (C=O) groups is 1. The molecule has 96 valence electrons. The molecule has 0 spiro atoms. The zero-order valence-electron chi connectivity index (χ0n) is 10.3. The fourth-order valence-corrected chi connectivity index (χ4v) is 4.68. The van der Waals surface area contributed by atoms with Crippen LogP contribution in [-0.4, -0.2) is 33.0 Å². The molecule has 3 aliphatic rings. The Bertz CT molecular complexity index is 323. The lowest BCUT2D eigenvalue weighted by atomic mass is 9.85. The smallest absolute Gasteiger partial charge is 0.254 e. The molecule has 2 bridgehead atoms. The summed E-state index contributed by atoms with van der Waals surface area (Å²) in [5, 5.41) is 0. The normalized spacial score (nSPS) is 39.5. The van der Waals surface area contributed by atoms with Gasteiger partial charge in [-0.15, -0.1) is 0 Å². The van der Waals surface area contributed by atoms with Gasteiger partial charge in [-0.3, -0.25) is 13.6 Å². The van der Waals surface area contributed by atoms with E-state index in [4.69, 9.17) is 0 Å². The highest BCUT2D eigenvalue weighted by Gasteiger charge is 2.56. The molecule has 3 rings (SSSR count). The predicted molar refractivity (Wildman–Crippen MR) is 70.6 cm³/mol. The van der Waals surface area contributed by atoms with E-state index in [0.717, 1.165) is 25.8 Å². The molecular formula is C13H21BrN2O. The zero-order chi connectivity index (χ0) is 11.9. The third kappa shape index (κ3) is 1.75. The van der Waals surface area contributed by atoms with Crippen LogP contribution in [0.1, 0.15) is 57.8 Å². The van der Waals surface area contributed by atoms with Gasteiger partial charge in [0.15, 0.2) is 0 Å². The highest BCUT2D eigenvalue weighted by atomic mass is 79.9. The number of carbonyl (C=O) groups excluding carboxylic acids is 1. The molecule has 4 heteroatoms. The molecule has 3 nitrogen and oxygen atoms in total. The van der Waals surface area contributed by atoms with Crippen molar-refractivity contribution in [2.45, 2.75) is 69.5 Å². The Balaban J connectivity index is 1.99. The largest absolute Gasteiger partial charge is 0.272 e. The average molecular weight is 301 g/mol. The van der Waals surface area contributed by atoms with Crippen molar-refractivity contribution in [3.8, 4) is 0 Å². The minimum absolute atomic E-state index is 0.148. The van der Waals surface area contributed by atoms with E-state index in [1.807, 2.05) is 3.93 Å². The standard InChI is InChI=1S/C13H21BrN2O/c14-16-11-7-3-1-4-8-13(12(16)17)9-5-2-6-10-15(11)13/h11H,1-10H2. The van der Waals surface area contributed by atoms with Gasteiger partial charge in [0.05, 0.1) is 22.3 Å². The monoisotopic (exact) mass is 300 g/mol. The van der Waals surface area contributed by atoms with E-state index in [2.05, 4.69) is 21.0 Å². The number of amides is 1. The highest BCUT2D eigenvalue weighted by molar-refractivity contribution is 9.07. The van der Waals surface area contributed by atoms with Gasteiger partial charge in [0.25, 0.3) is 5.91 Å². The SMILES string of the molecule is O=C1N(Br)C2CCCCCC13CCCCCN23. The number of hydrogen-bond acceptors (Lipinski definition) is 2. The van der Waals surface area contributed by atoms with Crippen LogP contribution in [0.2, 0.25) is 0 Å². The van der Waals surface area contributed by atoms with E-state index in [-0.39, 0.29) is 5.54 Å². The first-order valence-electron chi connectivity index (χ1n) is 7.02. The second-order valence-electron chi connectivity index (χ2n) is 5.73. The van der Waals surface area contributed by atoms with Crippen LogP contribution in [0.5, 0.6) is 0 Å². The Morgan fingerprint density at radius 1 is 1.06 bits per heavy atom. The molecule has 3 saturated heterocycles. The first-order valence-corrected chi connectivity index (χ1v) is 7.73. The highest BCUT2D eigenvalue weighted by Crippen LogP contribution is 2.45. The Morgan fingerprint density at radius 3 is 2.53 bits per heavy atom. The summed E-state index contributed by atoms with van der Waals surface area (Å²) in [6.07, 6.45) is 11.1. The number of nitrogens with zero attached hydrogens (tertiary/aromatic N) is 2. The van der Waals surface area contributed by atoms with Gasteiger partial charge in [0.1, 0.15) is 5.54 Å². The summed E-state index contributed by atoms with van der Waals surface area (Å²) >= 11 is 3.53. The summed E-state index contributed by atoms with van der Waals surface area (Å²) in [6.45, 7) is 1.11. The van der Waals surface area contributed by atoms with Crippen LogP contribution in [0.4, 0.5) is 0 Å². The molecule has 2 unspecified atom stereocenters. The van der Waals surface area contributed by atoms with Crippen molar-refractivity contribution in [2.24, 2.45) is 0 Å². The van der Waals surface area contributed by atoms with Crippen molar-refractivity contribution in [2.75, 3.05) is 6.54 Å². The molecule has 1 amide bonds. The molecule has 17 heavy (non-hydrogen) atoms. The zero-order valence-corrected chi connectivity index (χ0v) is 11.9. The van der Waals surface area contributed by atoms with Gasteiger partial charge < -0.3 is 0 Å². The number of rotatable bonds is 0. The Hall–Kier alpha value is -0.0900. The maximum absolute atomic E-state index is 12.6. The fourth-order valence-electron chi connectivity index (χ4n) is 3.92. The number of halogens is 1. The molecule has 0 aromatic heterocycles. The molecule has 3 heterocycles. The van der Waals surface area contributed by atoms with Gasteiger partial charge in [0.2, 0.25) is 0 Å². The minimum Gasteiger partial charge on any atom is -0.272 e. The summed E-state index contributed by atoms with van der Waals surface area (Å²) in [7, 11) is 0. The van der Waals surface area contributed by atoms with Crippen LogP contribution in [-0.2, 0) is 4.79 Å². The lowest BCUT2D eigenvalue weighted by molar-refractivity contribution is -0.130. The molecule has 0 aromatic rings. The Morgan fingerprint density at radius 2 is 1.76 bits per heavy atom. The fraction of sp³-hybridized carbons (Fsp3) is 0.923. The maximum atomic E-state index is 12.6. The van der Waals surface area contributed by atoms with Crippen molar-refractivity contribution in [3.63, 3.8) is 0 Å². The van der Waals surface area contributed by atoms with Crippen LogP contribution in [0, 0.1) is 0 Å². The van der Waals surface area contributed by atoms with Crippen molar-refractivity contribution >= 4 is 22.1 Å². The molecule has 0 aliphatic carbocycles. The number of hydrogen-bond donors (Lipinski definition) is 0. The van der Waals surface area contributed by atoms with Crippen LogP contribution >= 0.6 is 16.1 Å². The van der Waals surface area contributed by atoms with E-state index < -0.39 is 0 Å². The van der Waals surface area contributed by atoms with E-state index in [9.17, 15) is 4.79 Å². The van der Waals surface area contributed by atoms with Gasteiger partial charge in [-0.25, -0.2) is 0 Å². The van der Waals surface area contributed by atoms with E-state index in [0.29, 0.717) is 12.1 Å². The molecule has 3 fully saturated rings. The summed E-state index contributed by atoms with van der Waals surface area (Å²) < 4.78 is 1.86. The Kier molecular flexibility index (Phi) is 3.20. The minimum atomic E-state index is -0.148. The lowest BCUT2D eigenvalue weighted by Gasteiger charge is -2.38. The van der Waals surface area contributed by atoms with Crippen LogP contribution in [0.3, 0.4) is 0 Å². The molecule has 0 radical (unpaired) electrons.